The molecule has 2 N–H and O–H groups in total. The summed E-state index contributed by atoms with van der Waals surface area (Å²) in [6, 6.07) is 2.87. The minimum absolute atomic E-state index is 0.0521. The van der Waals surface area contributed by atoms with E-state index in [0.29, 0.717) is 11.6 Å². The molecule has 5 nitrogen and oxygen atoms in total. The van der Waals surface area contributed by atoms with Crippen LogP contribution in [0.4, 0.5) is 10.1 Å². The number of fused-ring (bicyclic) bond motifs is 3. The van der Waals surface area contributed by atoms with Crippen LogP contribution in [0.15, 0.2) is 17.1 Å². The lowest BCUT2D eigenvalue weighted by molar-refractivity contribution is 0.0595. The molecule has 0 bridgehead atoms. The van der Waals surface area contributed by atoms with E-state index < -0.39 is 11.8 Å². The summed E-state index contributed by atoms with van der Waals surface area (Å²) in [5, 5.41) is 0. The Balaban J connectivity index is 2.14. The van der Waals surface area contributed by atoms with Gasteiger partial charge in [0, 0.05) is 18.2 Å². The normalized spacial score (nSPS) is 20.6. The molecule has 1 unspecified atom stereocenters. The van der Waals surface area contributed by atoms with Gasteiger partial charge in [-0.1, -0.05) is 0 Å². The highest BCUT2D eigenvalue weighted by atomic mass is 19.1. The van der Waals surface area contributed by atoms with Crippen LogP contribution >= 0.6 is 0 Å². The molecule has 2 aliphatic heterocycles. The maximum absolute atomic E-state index is 13.9. The zero-order chi connectivity index (χ0) is 13.6. The number of halogens is 1. The molecule has 0 saturated carbocycles. The van der Waals surface area contributed by atoms with Gasteiger partial charge >= 0.3 is 5.97 Å². The van der Waals surface area contributed by atoms with E-state index in [2.05, 4.69) is 9.73 Å². The zero-order valence-electron chi connectivity index (χ0n) is 10.5. The molecule has 1 aromatic carbocycles. The van der Waals surface area contributed by atoms with E-state index in [1.54, 1.807) is 0 Å². The maximum atomic E-state index is 13.9. The average Bonchev–Trinajstić information content (AvgIpc) is 2.87. The number of esters is 1. The van der Waals surface area contributed by atoms with Crippen LogP contribution in [0.25, 0.3) is 0 Å². The predicted octanol–water partition coefficient (Wildman–Crippen LogP) is 1.71. The number of carbonyl (C=O) groups is 1. The number of hydrogen-bond acceptors (Lipinski definition) is 5. The monoisotopic (exact) mass is 263 g/mol. The highest BCUT2D eigenvalue weighted by Crippen LogP contribution is 2.41. The van der Waals surface area contributed by atoms with Crippen molar-refractivity contribution < 1.29 is 13.9 Å². The van der Waals surface area contributed by atoms with Crippen molar-refractivity contribution in [3.63, 3.8) is 0 Å². The van der Waals surface area contributed by atoms with E-state index in [-0.39, 0.29) is 11.6 Å². The molecule has 1 saturated heterocycles. The molecular formula is C13H14FN3O2. The number of guanidine groups is 1. The first-order valence-electron chi connectivity index (χ1n) is 6.14. The van der Waals surface area contributed by atoms with Crippen molar-refractivity contribution in [1.82, 2.24) is 4.90 Å². The van der Waals surface area contributed by atoms with Crippen LogP contribution in [-0.2, 0) is 4.74 Å². The van der Waals surface area contributed by atoms with Crippen LogP contribution in [0.1, 0.15) is 34.8 Å². The molecule has 100 valence electrons. The van der Waals surface area contributed by atoms with Crippen molar-refractivity contribution in [3.05, 3.63) is 29.1 Å². The fraction of sp³-hybridized carbons (Fsp3) is 0.385. The Morgan fingerprint density at radius 1 is 1.58 bits per heavy atom. The number of ether oxygens (including phenoxy) is 1. The predicted molar refractivity (Wildman–Crippen MR) is 67.7 cm³/mol. The van der Waals surface area contributed by atoms with Gasteiger partial charge in [-0.2, -0.15) is 0 Å². The zero-order valence-corrected chi connectivity index (χ0v) is 10.5. The summed E-state index contributed by atoms with van der Waals surface area (Å²) in [6.07, 6.45) is 1.93. The van der Waals surface area contributed by atoms with Crippen molar-refractivity contribution in [2.24, 2.45) is 10.7 Å². The second-order valence-corrected chi connectivity index (χ2v) is 4.70. The Kier molecular flexibility index (Phi) is 2.66. The van der Waals surface area contributed by atoms with Gasteiger partial charge < -0.3 is 15.4 Å². The highest BCUT2D eigenvalue weighted by molar-refractivity contribution is 5.92. The summed E-state index contributed by atoms with van der Waals surface area (Å²) in [7, 11) is 1.24. The molecule has 3 rings (SSSR count). The van der Waals surface area contributed by atoms with Gasteiger partial charge in [-0.05, 0) is 18.9 Å². The van der Waals surface area contributed by atoms with Crippen molar-refractivity contribution in [2.75, 3.05) is 13.7 Å². The van der Waals surface area contributed by atoms with Crippen LogP contribution in [0, 0.1) is 5.82 Å². The number of rotatable bonds is 1. The molecule has 2 heterocycles. The number of nitrogens with zero attached hydrogens (tertiary/aromatic N) is 2. The number of hydrogen-bond donors (Lipinski definition) is 1. The maximum Gasteiger partial charge on any atom is 0.340 e. The minimum Gasteiger partial charge on any atom is -0.465 e. The van der Waals surface area contributed by atoms with Gasteiger partial charge in [0.1, 0.15) is 5.82 Å². The van der Waals surface area contributed by atoms with Crippen molar-refractivity contribution in [3.8, 4) is 0 Å². The molecule has 0 spiro atoms. The molecule has 0 aromatic heterocycles. The Hall–Kier alpha value is -2.11. The van der Waals surface area contributed by atoms with Gasteiger partial charge in [-0.3, -0.25) is 0 Å². The highest BCUT2D eigenvalue weighted by Gasteiger charge is 2.34. The third-order valence-electron chi connectivity index (χ3n) is 3.66. The Morgan fingerprint density at radius 2 is 2.37 bits per heavy atom. The van der Waals surface area contributed by atoms with Crippen molar-refractivity contribution in [2.45, 2.75) is 18.9 Å². The number of methoxy groups -OCH3 is 1. The molecule has 1 aromatic rings. The largest absolute Gasteiger partial charge is 0.465 e. The fourth-order valence-corrected chi connectivity index (χ4v) is 2.76. The van der Waals surface area contributed by atoms with E-state index in [1.807, 2.05) is 4.90 Å². The molecule has 19 heavy (non-hydrogen) atoms. The molecule has 0 radical (unpaired) electrons. The molecule has 1 fully saturated rings. The fourth-order valence-electron chi connectivity index (χ4n) is 2.76. The van der Waals surface area contributed by atoms with Crippen LogP contribution in [-0.4, -0.2) is 30.5 Å². The van der Waals surface area contributed by atoms with Gasteiger partial charge in [0.25, 0.3) is 0 Å². The minimum atomic E-state index is -0.674. The van der Waals surface area contributed by atoms with Crippen molar-refractivity contribution in [1.29, 1.82) is 0 Å². The van der Waals surface area contributed by atoms with E-state index in [0.717, 1.165) is 24.9 Å². The summed E-state index contributed by atoms with van der Waals surface area (Å²) >= 11 is 0. The third-order valence-corrected chi connectivity index (χ3v) is 3.66. The average molecular weight is 263 g/mol. The third kappa shape index (κ3) is 1.75. The first kappa shape index (κ1) is 12.0. The number of benzene rings is 1. The first-order chi connectivity index (χ1) is 9.11. The molecule has 0 amide bonds. The van der Waals surface area contributed by atoms with Crippen LogP contribution < -0.4 is 5.73 Å². The molecule has 1 atom stereocenters. The van der Waals surface area contributed by atoms with E-state index in [9.17, 15) is 9.18 Å². The quantitative estimate of drug-likeness (QED) is 0.783. The Bertz CT molecular complexity index is 585. The summed E-state index contributed by atoms with van der Waals surface area (Å²) in [5.74, 6) is -0.888. The number of aliphatic imine (C=N–C) groups is 1. The second kappa shape index (κ2) is 4.22. The van der Waals surface area contributed by atoms with Gasteiger partial charge in [0.15, 0.2) is 5.96 Å². The van der Waals surface area contributed by atoms with Gasteiger partial charge in [-0.25, -0.2) is 14.2 Å². The topological polar surface area (TPSA) is 67.9 Å². The van der Waals surface area contributed by atoms with Crippen LogP contribution in [0.2, 0.25) is 0 Å². The van der Waals surface area contributed by atoms with E-state index in [4.69, 9.17) is 5.73 Å². The van der Waals surface area contributed by atoms with Gasteiger partial charge in [-0.15, -0.1) is 0 Å². The molecule has 2 aliphatic rings. The Labute approximate surface area is 109 Å². The van der Waals surface area contributed by atoms with E-state index in [1.165, 1.54) is 19.2 Å². The second-order valence-electron chi connectivity index (χ2n) is 4.70. The van der Waals surface area contributed by atoms with Gasteiger partial charge in [0.2, 0.25) is 0 Å². The van der Waals surface area contributed by atoms with Crippen LogP contribution in [0.3, 0.4) is 0 Å². The molecule has 6 heteroatoms. The smallest absolute Gasteiger partial charge is 0.340 e. The van der Waals surface area contributed by atoms with E-state index >= 15 is 0 Å². The van der Waals surface area contributed by atoms with Crippen LogP contribution in [0.5, 0.6) is 0 Å². The van der Waals surface area contributed by atoms with Gasteiger partial charge in [0.05, 0.1) is 24.4 Å². The Morgan fingerprint density at radius 3 is 3.11 bits per heavy atom. The lowest BCUT2D eigenvalue weighted by Crippen LogP contribution is -2.38. The lowest BCUT2D eigenvalue weighted by Gasteiger charge is -2.31. The molecular weight excluding hydrogens is 249 g/mol. The summed E-state index contributed by atoms with van der Waals surface area (Å²) in [6.45, 7) is 0.838. The number of carbonyl (C=O) groups excluding carboxylic acids is 1. The lowest BCUT2D eigenvalue weighted by atomic mass is 9.98. The van der Waals surface area contributed by atoms with Crippen molar-refractivity contribution >= 4 is 17.6 Å². The SMILES string of the molecule is COC(=O)c1cc2c(cc1F)N=C(N)N1CCCC21. The molecule has 0 aliphatic carbocycles. The standard InChI is InChI=1S/C13H14FN3O2/c1-19-12(18)7-5-8-10(6-9(7)14)16-13(15)17-4-2-3-11(8)17/h5-6,11H,2-4H2,1H3,(H2,15,16). The number of nitrogens with two attached hydrogens (primary N) is 1. The summed E-state index contributed by atoms with van der Waals surface area (Å²) in [5.41, 5.74) is 7.17. The summed E-state index contributed by atoms with van der Waals surface area (Å²) in [4.78, 5) is 17.7. The first-order valence-corrected chi connectivity index (χ1v) is 6.14. The summed E-state index contributed by atoms with van der Waals surface area (Å²) < 4.78 is 18.4.